The number of benzene rings is 3. The Morgan fingerprint density at radius 3 is 1.74 bits per heavy atom. The Balaban J connectivity index is 1.84. The highest BCUT2D eigenvalue weighted by molar-refractivity contribution is 5.64. The van der Waals surface area contributed by atoms with Crippen LogP contribution in [0.2, 0.25) is 0 Å². The Morgan fingerprint density at radius 1 is 0.609 bits per heavy atom. The second kappa shape index (κ2) is 6.47. The van der Waals surface area contributed by atoms with Gasteiger partial charge in [-0.3, -0.25) is 0 Å². The van der Waals surface area contributed by atoms with E-state index in [0.717, 1.165) is 11.1 Å². The highest BCUT2D eigenvalue weighted by Crippen LogP contribution is 2.27. The fraction of sp³-hybridized carbons (Fsp3) is 0. The average Bonchev–Trinajstić information content (AvgIpc) is 2.62. The third kappa shape index (κ3) is 3.37. The zero-order chi connectivity index (χ0) is 16.1. The van der Waals surface area contributed by atoms with Gasteiger partial charge in [0.2, 0.25) is 0 Å². The minimum Gasteiger partial charge on any atom is -0.457 e. The molecule has 0 saturated heterocycles. The molecule has 3 aromatic carbocycles. The first-order valence-corrected chi connectivity index (χ1v) is 7.07. The minimum absolute atomic E-state index is 0.403. The Kier molecular flexibility index (Phi) is 4.05. The molecule has 0 fully saturated rings. The Hall–Kier alpha value is -3.56. The van der Waals surface area contributed by atoms with E-state index < -0.39 is 0 Å². The van der Waals surface area contributed by atoms with Crippen LogP contribution >= 0.6 is 0 Å². The maximum atomic E-state index is 9.00. The van der Waals surface area contributed by atoms with Gasteiger partial charge >= 0.3 is 0 Å². The van der Waals surface area contributed by atoms with E-state index in [0.29, 0.717) is 22.6 Å². The molecule has 3 heteroatoms. The van der Waals surface area contributed by atoms with E-state index in [1.807, 2.05) is 66.7 Å². The number of ether oxygens (including phenoxy) is 1. The lowest BCUT2D eigenvalue weighted by atomic mass is 10.1. The molecule has 3 aromatic rings. The predicted molar refractivity (Wildman–Crippen MR) is 87.8 cm³/mol. The van der Waals surface area contributed by atoms with Gasteiger partial charge in [0.15, 0.2) is 0 Å². The molecule has 0 saturated carbocycles. The molecule has 0 aliphatic rings. The highest BCUT2D eigenvalue weighted by atomic mass is 16.5. The number of nitriles is 2. The van der Waals surface area contributed by atoms with Crippen molar-refractivity contribution in [1.29, 1.82) is 10.5 Å². The summed E-state index contributed by atoms with van der Waals surface area (Å²) in [4.78, 5) is 0. The molecule has 0 aromatic heterocycles. The van der Waals surface area contributed by atoms with Crippen LogP contribution in [0.4, 0.5) is 0 Å². The van der Waals surface area contributed by atoms with E-state index >= 15 is 0 Å². The summed E-state index contributed by atoms with van der Waals surface area (Å²) in [7, 11) is 0. The molecule has 3 nitrogen and oxygen atoms in total. The second-order valence-electron chi connectivity index (χ2n) is 4.96. The van der Waals surface area contributed by atoms with Crippen molar-refractivity contribution in [1.82, 2.24) is 0 Å². The van der Waals surface area contributed by atoms with Crippen LogP contribution in [-0.2, 0) is 0 Å². The molecule has 0 atom stereocenters. The standard InChI is InChI=1S/C20H12N2O/c21-13-15-10-16(14-22)12-20(11-15)23-19-8-6-18(7-9-19)17-4-2-1-3-5-17/h1-12H. The van der Waals surface area contributed by atoms with E-state index in [2.05, 4.69) is 0 Å². The third-order valence-electron chi connectivity index (χ3n) is 3.36. The van der Waals surface area contributed by atoms with Gasteiger partial charge in [0.05, 0.1) is 23.3 Å². The molecule has 0 amide bonds. The quantitative estimate of drug-likeness (QED) is 0.691. The summed E-state index contributed by atoms with van der Waals surface area (Å²) in [5.74, 6) is 1.14. The van der Waals surface area contributed by atoms with Gasteiger partial charge in [-0.2, -0.15) is 10.5 Å². The van der Waals surface area contributed by atoms with Crippen molar-refractivity contribution in [3.05, 3.63) is 83.9 Å². The molecule has 23 heavy (non-hydrogen) atoms. The molecule has 0 radical (unpaired) electrons. The Labute approximate surface area is 134 Å². The van der Waals surface area contributed by atoms with Crippen molar-refractivity contribution in [3.63, 3.8) is 0 Å². The summed E-state index contributed by atoms with van der Waals surface area (Å²) >= 11 is 0. The van der Waals surface area contributed by atoms with Gasteiger partial charge in [0.1, 0.15) is 11.5 Å². The fourth-order valence-electron chi connectivity index (χ4n) is 2.27. The van der Waals surface area contributed by atoms with Crippen LogP contribution in [0.1, 0.15) is 11.1 Å². The minimum atomic E-state index is 0.403. The van der Waals surface area contributed by atoms with Gasteiger partial charge in [-0.1, -0.05) is 42.5 Å². The third-order valence-corrected chi connectivity index (χ3v) is 3.36. The van der Waals surface area contributed by atoms with E-state index in [-0.39, 0.29) is 0 Å². The summed E-state index contributed by atoms with van der Waals surface area (Å²) in [5.41, 5.74) is 3.04. The first kappa shape index (κ1) is 14.4. The second-order valence-corrected chi connectivity index (χ2v) is 4.96. The molecule has 0 N–H and O–H groups in total. The molecule has 0 aliphatic heterocycles. The van der Waals surface area contributed by atoms with Gasteiger partial charge in [-0.15, -0.1) is 0 Å². The van der Waals surface area contributed by atoms with E-state index in [9.17, 15) is 0 Å². The van der Waals surface area contributed by atoms with Crippen LogP contribution in [0.25, 0.3) is 11.1 Å². The molecule has 108 valence electrons. The number of rotatable bonds is 3. The zero-order valence-electron chi connectivity index (χ0n) is 12.2. The first-order chi connectivity index (χ1) is 11.3. The van der Waals surface area contributed by atoms with Crippen LogP contribution < -0.4 is 4.74 Å². The highest BCUT2D eigenvalue weighted by Gasteiger charge is 2.04. The van der Waals surface area contributed by atoms with Crippen molar-refractivity contribution >= 4 is 0 Å². The van der Waals surface area contributed by atoms with Crippen molar-refractivity contribution in [2.45, 2.75) is 0 Å². The molecule has 0 unspecified atom stereocenters. The zero-order valence-corrected chi connectivity index (χ0v) is 12.2. The summed E-state index contributed by atoms with van der Waals surface area (Å²) < 4.78 is 5.75. The fourth-order valence-corrected chi connectivity index (χ4v) is 2.27. The molecule has 0 aliphatic carbocycles. The lowest BCUT2D eigenvalue weighted by molar-refractivity contribution is 0.482. The van der Waals surface area contributed by atoms with Crippen molar-refractivity contribution < 1.29 is 4.74 Å². The summed E-state index contributed by atoms with van der Waals surface area (Å²) in [5, 5.41) is 18.0. The van der Waals surface area contributed by atoms with Crippen molar-refractivity contribution in [2.75, 3.05) is 0 Å². The Bertz CT molecular complexity index is 869. The number of hydrogen-bond donors (Lipinski definition) is 0. The van der Waals surface area contributed by atoms with Gasteiger partial charge in [-0.25, -0.2) is 0 Å². The molecule has 0 heterocycles. The molecule has 0 bridgehead atoms. The first-order valence-electron chi connectivity index (χ1n) is 7.07. The number of hydrogen-bond acceptors (Lipinski definition) is 3. The molecular weight excluding hydrogens is 284 g/mol. The lowest BCUT2D eigenvalue weighted by Gasteiger charge is -2.08. The van der Waals surface area contributed by atoms with Crippen molar-refractivity contribution in [2.24, 2.45) is 0 Å². The normalized spacial score (nSPS) is 9.65. The average molecular weight is 296 g/mol. The molecular formula is C20H12N2O. The van der Waals surface area contributed by atoms with Crippen LogP contribution in [0.15, 0.2) is 72.8 Å². The van der Waals surface area contributed by atoms with Crippen molar-refractivity contribution in [3.8, 4) is 34.8 Å². The van der Waals surface area contributed by atoms with E-state index in [4.69, 9.17) is 15.3 Å². The lowest BCUT2D eigenvalue weighted by Crippen LogP contribution is -1.88. The molecule has 0 spiro atoms. The maximum Gasteiger partial charge on any atom is 0.130 e. The van der Waals surface area contributed by atoms with Gasteiger partial charge < -0.3 is 4.74 Å². The van der Waals surface area contributed by atoms with Gasteiger partial charge in [0, 0.05) is 0 Å². The van der Waals surface area contributed by atoms with E-state index in [1.165, 1.54) is 6.07 Å². The van der Waals surface area contributed by atoms with E-state index in [1.54, 1.807) is 12.1 Å². The maximum absolute atomic E-state index is 9.00. The smallest absolute Gasteiger partial charge is 0.130 e. The SMILES string of the molecule is N#Cc1cc(C#N)cc(Oc2ccc(-c3ccccc3)cc2)c1. The monoisotopic (exact) mass is 296 g/mol. The number of nitrogens with zero attached hydrogens (tertiary/aromatic N) is 2. The largest absolute Gasteiger partial charge is 0.457 e. The van der Waals surface area contributed by atoms with Crippen LogP contribution in [-0.4, -0.2) is 0 Å². The topological polar surface area (TPSA) is 56.8 Å². The summed E-state index contributed by atoms with van der Waals surface area (Å²) in [6.07, 6.45) is 0. The van der Waals surface area contributed by atoms with Gasteiger partial charge in [0.25, 0.3) is 0 Å². The molecule has 3 rings (SSSR count). The van der Waals surface area contributed by atoms with Crippen LogP contribution in [0.3, 0.4) is 0 Å². The summed E-state index contributed by atoms with van der Waals surface area (Å²) in [6, 6.07) is 26.6. The predicted octanol–water partition coefficient (Wildman–Crippen LogP) is 4.89. The Morgan fingerprint density at radius 2 is 1.17 bits per heavy atom. The van der Waals surface area contributed by atoms with Crippen LogP contribution in [0.5, 0.6) is 11.5 Å². The van der Waals surface area contributed by atoms with Crippen LogP contribution in [0, 0.1) is 22.7 Å². The van der Waals surface area contributed by atoms with Gasteiger partial charge in [-0.05, 0) is 41.5 Å². The summed E-state index contributed by atoms with van der Waals surface area (Å²) in [6.45, 7) is 0.